The standard InChI is InChI=1S/C43H79NO3/c1-3-5-7-9-11-13-15-17-18-19-20-21-22-23-24-25-26-27-29-31-33-35-37-39-43(47)44-41(40-45)42(46)38-36-34-32-30-28-16-14-12-10-8-6-4-2/h15,17,19-20,28,30,36,38,41-42,45-46H,3-14,16,18,21-27,29,31-35,37,39-40H2,1-2H3,(H,44,47)/b17-15-,20-19-,30-28+,38-36+. The van der Waals surface area contributed by atoms with Gasteiger partial charge in [0.2, 0.25) is 5.91 Å². The summed E-state index contributed by atoms with van der Waals surface area (Å²) in [6.07, 6.45) is 52.1. The molecule has 2 atom stereocenters. The van der Waals surface area contributed by atoms with E-state index >= 15 is 0 Å². The van der Waals surface area contributed by atoms with E-state index in [0.717, 1.165) is 38.5 Å². The Morgan fingerprint density at radius 3 is 1.36 bits per heavy atom. The van der Waals surface area contributed by atoms with Crippen molar-refractivity contribution >= 4 is 5.91 Å². The number of nitrogens with one attached hydrogen (secondary N) is 1. The van der Waals surface area contributed by atoms with Gasteiger partial charge in [0.1, 0.15) is 0 Å². The van der Waals surface area contributed by atoms with Gasteiger partial charge in [0, 0.05) is 6.42 Å². The molecule has 0 radical (unpaired) electrons. The van der Waals surface area contributed by atoms with Crippen LogP contribution in [0.3, 0.4) is 0 Å². The van der Waals surface area contributed by atoms with E-state index in [1.54, 1.807) is 6.08 Å². The van der Waals surface area contributed by atoms with Gasteiger partial charge in [0.25, 0.3) is 0 Å². The third-order valence-electron chi connectivity index (χ3n) is 9.03. The molecule has 1 amide bonds. The molecule has 0 heterocycles. The zero-order valence-corrected chi connectivity index (χ0v) is 31.3. The Balaban J connectivity index is 3.59. The van der Waals surface area contributed by atoms with Crippen LogP contribution >= 0.6 is 0 Å². The number of carbonyl (C=O) groups excluding carboxylic acids is 1. The summed E-state index contributed by atoms with van der Waals surface area (Å²) >= 11 is 0. The highest BCUT2D eigenvalue weighted by Gasteiger charge is 2.17. The van der Waals surface area contributed by atoms with Crippen molar-refractivity contribution in [1.82, 2.24) is 5.32 Å². The predicted molar refractivity (Wildman–Crippen MR) is 207 cm³/mol. The van der Waals surface area contributed by atoms with Gasteiger partial charge in [-0.3, -0.25) is 4.79 Å². The highest BCUT2D eigenvalue weighted by Crippen LogP contribution is 2.13. The first-order chi connectivity index (χ1) is 23.2. The first kappa shape index (κ1) is 45.3. The molecular weight excluding hydrogens is 578 g/mol. The fourth-order valence-corrected chi connectivity index (χ4v) is 5.87. The molecule has 0 bridgehead atoms. The molecule has 274 valence electrons. The Kier molecular flexibility index (Phi) is 37.4. The number of rotatable bonds is 36. The number of hydrogen-bond donors (Lipinski definition) is 3. The van der Waals surface area contributed by atoms with Crippen LogP contribution in [-0.2, 0) is 4.79 Å². The molecule has 0 aliphatic heterocycles. The van der Waals surface area contributed by atoms with E-state index in [-0.39, 0.29) is 12.5 Å². The smallest absolute Gasteiger partial charge is 0.220 e. The minimum absolute atomic E-state index is 0.0787. The normalized spacial score (nSPS) is 13.5. The van der Waals surface area contributed by atoms with Crippen LogP contribution in [0.5, 0.6) is 0 Å². The van der Waals surface area contributed by atoms with Crippen molar-refractivity contribution in [1.29, 1.82) is 0 Å². The van der Waals surface area contributed by atoms with Crippen LogP contribution in [0.4, 0.5) is 0 Å². The van der Waals surface area contributed by atoms with Gasteiger partial charge in [0.05, 0.1) is 18.8 Å². The van der Waals surface area contributed by atoms with Crippen LogP contribution in [0.25, 0.3) is 0 Å². The largest absolute Gasteiger partial charge is 0.394 e. The van der Waals surface area contributed by atoms with E-state index in [4.69, 9.17) is 0 Å². The molecule has 2 unspecified atom stereocenters. The summed E-state index contributed by atoms with van der Waals surface area (Å²) in [6, 6.07) is -0.638. The second kappa shape index (κ2) is 38.8. The second-order valence-electron chi connectivity index (χ2n) is 13.7. The van der Waals surface area contributed by atoms with Gasteiger partial charge in [-0.25, -0.2) is 0 Å². The number of amides is 1. The molecule has 0 aliphatic carbocycles. The molecule has 0 aromatic heterocycles. The van der Waals surface area contributed by atoms with Crippen LogP contribution in [0.1, 0.15) is 200 Å². The predicted octanol–water partition coefficient (Wildman–Crippen LogP) is 12.4. The monoisotopic (exact) mass is 658 g/mol. The minimum atomic E-state index is -0.861. The number of carbonyl (C=O) groups is 1. The quantitative estimate of drug-likeness (QED) is 0.0464. The Bertz CT molecular complexity index is 756. The zero-order chi connectivity index (χ0) is 34.3. The number of allylic oxidation sites excluding steroid dienone is 7. The molecule has 0 saturated heterocycles. The van der Waals surface area contributed by atoms with Crippen molar-refractivity contribution < 1.29 is 15.0 Å². The first-order valence-corrected chi connectivity index (χ1v) is 20.4. The molecule has 4 heteroatoms. The summed E-state index contributed by atoms with van der Waals surface area (Å²) in [4.78, 5) is 12.3. The average molecular weight is 658 g/mol. The summed E-state index contributed by atoms with van der Waals surface area (Å²) in [5, 5.41) is 22.9. The molecule has 0 aromatic carbocycles. The summed E-state index contributed by atoms with van der Waals surface area (Å²) in [7, 11) is 0. The summed E-state index contributed by atoms with van der Waals surface area (Å²) in [5.74, 6) is -0.0787. The lowest BCUT2D eigenvalue weighted by Gasteiger charge is -2.19. The maximum atomic E-state index is 12.3. The molecule has 0 saturated carbocycles. The Morgan fingerprint density at radius 2 is 0.894 bits per heavy atom. The van der Waals surface area contributed by atoms with Gasteiger partial charge in [-0.1, -0.05) is 178 Å². The van der Waals surface area contributed by atoms with E-state index in [0.29, 0.717) is 6.42 Å². The maximum Gasteiger partial charge on any atom is 0.220 e. The van der Waals surface area contributed by atoms with Crippen molar-refractivity contribution in [2.45, 2.75) is 212 Å². The highest BCUT2D eigenvalue weighted by molar-refractivity contribution is 5.76. The lowest BCUT2D eigenvalue weighted by atomic mass is 10.0. The second-order valence-corrected chi connectivity index (χ2v) is 13.7. The third-order valence-corrected chi connectivity index (χ3v) is 9.03. The fourth-order valence-electron chi connectivity index (χ4n) is 5.87. The van der Waals surface area contributed by atoms with Crippen molar-refractivity contribution in [3.63, 3.8) is 0 Å². The number of hydrogen-bond acceptors (Lipinski definition) is 3. The third kappa shape index (κ3) is 35.5. The molecule has 4 nitrogen and oxygen atoms in total. The van der Waals surface area contributed by atoms with Crippen LogP contribution in [0.2, 0.25) is 0 Å². The number of aliphatic hydroxyl groups excluding tert-OH is 2. The topological polar surface area (TPSA) is 69.6 Å². The molecule has 0 aliphatic rings. The summed E-state index contributed by atoms with van der Waals surface area (Å²) in [5.41, 5.74) is 0. The highest BCUT2D eigenvalue weighted by atomic mass is 16.3. The molecule has 0 aromatic rings. The van der Waals surface area contributed by atoms with Crippen LogP contribution in [0.15, 0.2) is 48.6 Å². The lowest BCUT2D eigenvalue weighted by molar-refractivity contribution is -0.123. The Labute approximate surface area is 293 Å². The van der Waals surface area contributed by atoms with Crippen LogP contribution in [-0.4, -0.2) is 34.9 Å². The minimum Gasteiger partial charge on any atom is -0.394 e. The number of aliphatic hydroxyl groups is 2. The SMILES string of the molecule is CCCCCCC/C=C\C/C=C\CCCCCCCCCCCCCC(=O)NC(CO)C(O)/C=C/CC/C=C/CCCCCCCC. The van der Waals surface area contributed by atoms with Crippen LogP contribution in [0, 0.1) is 0 Å². The number of unbranched alkanes of at least 4 members (excludes halogenated alkanes) is 23. The average Bonchev–Trinajstić information content (AvgIpc) is 3.07. The Morgan fingerprint density at radius 1 is 0.511 bits per heavy atom. The van der Waals surface area contributed by atoms with Crippen molar-refractivity contribution in [3.8, 4) is 0 Å². The van der Waals surface area contributed by atoms with Crippen molar-refractivity contribution in [2.75, 3.05) is 6.61 Å². The molecule has 47 heavy (non-hydrogen) atoms. The molecular formula is C43H79NO3. The molecule has 0 fully saturated rings. The maximum absolute atomic E-state index is 12.3. The van der Waals surface area contributed by atoms with E-state index in [1.807, 2.05) is 6.08 Å². The van der Waals surface area contributed by atoms with Gasteiger partial charge in [-0.05, 0) is 64.2 Å². The van der Waals surface area contributed by atoms with E-state index in [1.165, 1.54) is 141 Å². The fraction of sp³-hybridized carbons (Fsp3) is 0.791. The summed E-state index contributed by atoms with van der Waals surface area (Å²) < 4.78 is 0. The van der Waals surface area contributed by atoms with E-state index < -0.39 is 12.1 Å². The van der Waals surface area contributed by atoms with Gasteiger partial charge in [-0.15, -0.1) is 0 Å². The van der Waals surface area contributed by atoms with Gasteiger partial charge in [-0.2, -0.15) is 0 Å². The van der Waals surface area contributed by atoms with E-state index in [2.05, 4.69) is 55.6 Å². The first-order valence-electron chi connectivity index (χ1n) is 20.4. The Hall–Kier alpha value is -1.65. The molecule has 0 rings (SSSR count). The van der Waals surface area contributed by atoms with Crippen LogP contribution < -0.4 is 5.32 Å². The molecule has 0 spiro atoms. The van der Waals surface area contributed by atoms with Crippen molar-refractivity contribution in [3.05, 3.63) is 48.6 Å². The van der Waals surface area contributed by atoms with Gasteiger partial charge >= 0.3 is 0 Å². The van der Waals surface area contributed by atoms with Gasteiger partial charge in [0.15, 0.2) is 0 Å². The lowest BCUT2D eigenvalue weighted by Crippen LogP contribution is -2.45. The zero-order valence-electron chi connectivity index (χ0n) is 31.3. The van der Waals surface area contributed by atoms with Gasteiger partial charge < -0.3 is 15.5 Å². The molecule has 3 N–H and O–H groups in total. The summed E-state index contributed by atoms with van der Waals surface area (Å²) in [6.45, 7) is 4.26. The van der Waals surface area contributed by atoms with Crippen molar-refractivity contribution in [2.24, 2.45) is 0 Å². The van der Waals surface area contributed by atoms with E-state index in [9.17, 15) is 15.0 Å².